The molecular weight excluding hydrogens is 432 g/mol. The van der Waals surface area contributed by atoms with Gasteiger partial charge in [0.15, 0.2) is 10.9 Å². The van der Waals surface area contributed by atoms with Crippen molar-refractivity contribution in [1.82, 2.24) is 14.8 Å². The normalized spacial score (nSPS) is 10.7. The lowest BCUT2D eigenvalue weighted by Crippen LogP contribution is -2.18. The molecule has 1 amide bonds. The molecule has 0 unspecified atom stereocenters. The van der Waals surface area contributed by atoms with Gasteiger partial charge in [-0.2, -0.15) is 0 Å². The predicted molar refractivity (Wildman–Crippen MR) is 131 cm³/mol. The highest BCUT2D eigenvalue weighted by Gasteiger charge is 2.19. The number of hydrogen-bond acceptors (Lipinski definition) is 5. The molecule has 0 aliphatic heterocycles. The van der Waals surface area contributed by atoms with Crippen LogP contribution in [-0.2, 0) is 11.2 Å². The Bertz CT molecular complexity index is 1270. The van der Waals surface area contributed by atoms with Crippen molar-refractivity contribution in [3.05, 3.63) is 101 Å². The van der Waals surface area contributed by atoms with Gasteiger partial charge in [0, 0.05) is 16.9 Å². The number of ketones is 1. The summed E-state index contributed by atoms with van der Waals surface area (Å²) in [6.45, 7) is 3.98. The highest BCUT2D eigenvalue weighted by Crippen LogP contribution is 2.24. The quantitative estimate of drug-likeness (QED) is 0.297. The number of rotatable bonds is 8. The number of benzene rings is 3. The zero-order chi connectivity index (χ0) is 23.2. The second kappa shape index (κ2) is 10.3. The molecule has 33 heavy (non-hydrogen) atoms. The minimum Gasteiger partial charge on any atom is -0.325 e. The van der Waals surface area contributed by atoms with Crippen LogP contribution in [0, 0.1) is 13.8 Å². The van der Waals surface area contributed by atoms with Crippen molar-refractivity contribution >= 4 is 29.1 Å². The number of hydrogen-bond donors (Lipinski definition) is 1. The van der Waals surface area contributed by atoms with Crippen molar-refractivity contribution in [1.29, 1.82) is 0 Å². The van der Waals surface area contributed by atoms with Crippen LogP contribution in [0.15, 0.2) is 84.0 Å². The molecule has 0 aliphatic rings. The van der Waals surface area contributed by atoms with Gasteiger partial charge in [-0.05, 0) is 37.6 Å². The fraction of sp³-hybridized carbons (Fsp3) is 0.154. The third-order valence-corrected chi connectivity index (χ3v) is 6.05. The van der Waals surface area contributed by atoms with Crippen molar-refractivity contribution in [2.45, 2.75) is 25.4 Å². The molecule has 1 N–H and O–H groups in total. The van der Waals surface area contributed by atoms with Crippen molar-refractivity contribution in [3.8, 4) is 5.69 Å². The Hall–Kier alpha value is -3.71. The lowest BCUT2D eigenvalue weighted by molar-refractivity contribution is -0.115. The highest BCUT2D eigenvalue weighted by atomic mass is 32.2. The summed E-state index contributed by atoms with van der Waals surface area (Å²) in [6.07, 6.45) is 0.0579. The Balaban J connectivity index is 1.54. The number of amides is 1. The molecule has 0 saturated heterocycles. The lowest BCUT2D eigenvalue weighted by Gasteiger charge is -2.11. The topological polar surface area (TPSA) is 76.9 Å². The molecular formula is C26H24N4O2S. The number of anilines is 1. The van der Waals surface area contributed by atoms with E-state index >= 15 is 0 Å². The van der Waals surface area contributed by atoms with Crippen molar-refractivity contribution in [2.75, 3.05) is 11.1 Å². The van der Waals surface area contributed by atoms with Gasteiger partial charge in [-0.3, -0.25) is 14.2 Å². The van der Waals surface area contributed by atoms with Gasteiger partial charge < -0.3 is 5.32 Å². The SMILES string of the molecule is Cc1ccc(NC(=O)Cc2nnc(SCC(=O)c3ccccc3)n2-c2ccccc2)c(C)c1. The highest BCUT2D eigenvalue weighted by molar-refractivity contribution is 7.99. The third kappa shape index (κ3) is 5.56. The number of nitrogens with zero attached hydrogens (tertiary/aromatic N) is 3. The monoisotopic (exact) mass is 456 g/mol. The molecule has 4 rings (SSSR count). The molecule has 3 aromatic carbocycles. The zero-order valence-corrected chi connectivity index (χ0v) is 19.3. The number of nitrogens with one attached hydrogen (secondary N) is 1. The summed E-state index contributed by atoms with van der Waals surface area (Å²) in [5.41, 5.74) is 4.42. The standard InChI is InChI=1S/C26H24N4O2S/c1-18-13-14-22(19(2)15-18)27-25(32)16-24-28-29-26(30(24)21-11-7-4-8-12-21)33-17-23(31)20-9-5-3-6-10-20/h3-15H,16-17H2,1-2H3,(H,27,32). The molecule has 166 valence electrons. The first-order valence-corrected chi connectivity index (χ1v) is 11.6. The molecule has 0 bridgehead atoms. The first-order chi connectivity index (χ1) is 16.0. The molecule has 0 spiro atoms. The average molecular weight is 457 g/mol. The summed E-state index contributed by atoms with van der Waals surface area (Å²) >= 11 is 1.31. The number of Topliss-reactive ketones (excluding diaryl/α,β-unsaturated/α-hetero) is 1. The van der Waals surface area contributed by atoms with Crippen LogP contribution >= 0.6 is 11.8 Å². The zero-order valence-electron chi connectivity index (χ0n) is 18.5. The predicted octanol–water partition coefficient (Wildman–Crippen LogP) is 5.04. The van der Waals surface area contributed by atoms with E-state index in [1.807, 2.05) is 85.1 Å². The van der Waals surface area contributed by atoms with Crippen LogP contribution in [-0.4, -0.2) is 32.2 Å². The number of carbonyl (C=O) groups is 2. The second-order valence-corrected chi connectivity index (χ2v) is 8.63. The van der Waals surface area contributed by atoms with E-state index in [2.05, 4.69) is 15.5 Å². The molecule has 1 aromatic heterocycles. The van der Waals surface area contributed by atoms with E-state index in [1.54, 1.807) is 12.1 Å². The van der Waals surface area contributed by atoms with Gasteiger partial charge in [0.25, 0.3) is 0 Å². The smallest absolute Gasteiger partial charge is 0.232 e. The number of para-hydroxylation sites is 1. The van der Waals surface area contributed by atoms with E-state index in [-0.39, 0.29) is 23.9 Å². The molecule has 6 nitrogen and oxygen atoms in total. The van der Waals surface area contributed by atoms with Crippen LogP contribution in [0.2, 0.25) is 0 Å². The van der Waals surface area contributed by atoms with Crippen LogP contribution in [0.5, 0.6) is 0 Å². The van der Waals surface area contributed by atoms with Crippen LogP contribution < -0.4 is 5.32 Å². The summed E-state index contributed by atoms with van der Waals surface area (Å²) in [5.74, 6) is 0.572. The van der Waals surface area contributed by atoms with Gasteiger partial charge in [-0.1, -0.05) is 78.0 Å². The summed E-state index contributed by atoms with van der Waals surface area (Å²) < 4.78 is 1.84. The molecule has 0 aliphatic carbocycles. The second-order valence-electron chi connectivity index (χ2n) is 7.69. The molecule has 1 heterocycles. The van der Waals surface area contributed by atoms with E-state index in [9.17, 15) is 9.59 Å². The largest absolute Gasteiger partial charge is 0.325 e. The summed E-state index contributed by atoms with van der Waals surface area (Å²) in [4.78, 5) is 25.4. The molecule has 0 fully saturated rings. The molecule has 7 heteroatoms. The Kier molecular flexibility index (Phi) is 7.00. The Morgan fingerprint density at radius 2 is 1.61 bits per heavy atom. The van der Waals surface area contributed by atoms with Gasteiger partial charge in [0.1, 0.15) is 5.82 Å². The van der Waals surface area contributed by atoms with E-state index in [1.165, 1.54) is 11.8 Å². The summed E-state index contributed by atoms with van der Waals surface area (Å²) in [7, 11) is 0. The van der Waals surface area contributed by atoms with Gasteiger partial charge in [-0.15, -0.1) is 10.2 Å². The number of aromatic nitrogens is 3. The van der Waals surface area contributed by atoms with E-state index in [0.29, 0.717) is 16.5 Å². The number of aryl methyl sites for hydroxylation is 2. The Morgan fingerprint density at radius 1 is 0.909 bits per heavy atom. The van der Waals surface area contributed by atoms with Crippen molar-refractivity contribution in [2.24, 2.45) is 0 Å². The van der Waals surface area contributed by atoms with Gasteiger partial charge in [0.2, 0.25) is 5.91 Å². The van der Waals surface area contributed by atoms with Crippen LogP contribution in [0.4, 0.5) is 5.69 Å². The van der Waals surface area contributed by atoms with Gasteiger partial charge in [0.05, 0.1) is 12.2 Å². The van der Waals surface area contributed by atoms with E-state index in [4.69, 9.17) is 0 Å². The summed E-state index contributed by atoms with van der Waals surface area (Å²) in [6, 6.07) is 24.7. The maximum absolute atomic E-state index is 12.8. The minimum absolute atomic E-state index is 0.0114. The lowest BCUT2D eigenvalue weighted by atomic mass is 10.1. The number of carbonyl (C=O) groups excluding carboxylic acids is 2. The average Bonchev–Trinajstić information content (AvgIpc) is 3.22. The van der Waals surface area contributed by atoms with Crippen molar-refractivity contribution < 1.29 is 9.59 Å². The molecule has 0 radical (unpaired) electrons. The van der Waals surface area contributed by atoms with E-state index < -0.39 is 0 Å². The van der Waals surface area contributed by atoms with Crippen molar-refractivity contribution in [3.63, 3.8) is 0 Å². The fourth-order valence-electron chi connectivity index (χ4n) is 3.47. The van der Waals surface area contributed by atoms with Gasteiger partial charge >= 0.3 is 0 Å². The first kappa shape index (κ1) is 22.5. The minimum atomic E-state index is -0.177. The maximum Gasteiger partial charge on any atom is 0.232 e. The summed E-state index contributed by atoms with van der Waals surface area (Å²) in [5, 5.41) is 12.1. The van der Waals surface area contributed by atoms with Crippen LogP contribution in [0.1, 0.15) is 27.3 Å². The third-order valence-electron chi connectivity index (χ3n) is 5.12. The van der Waals surface area contributed by atoms with Gasteiger partial charge in [-0.25, -0.2) is 0 Å². The van der Waals surface area contributed by atoms with Crippen LogP contribution in [0.3, 0.4) is 0 Å². The fourth-order valence-corrected chi connectivity index (χ4v) is 4.34. The molecule has 4 aromatic rings. The van der Waals surface area contributed by atoms with Crippen LogP contribution in [0.25, 0.3) is 5.69 Å². The molecule has 0 atom stereocenters. The maximum atomic E-state index is 12.8. The number of thioether (sulfide) groups is 1. The van der Waals surface area contributed by atoms with E-state index in [0.717, 1.165) is 22.5 Å². The molecule has 0 saturated carbocycles. The Morgan fingerprint density at radius 3 is 2.30 bits per heavy atom. The Labute approximate surface area is 197 Å². The first-order valence-electron chi connectivity index (χ1n) is 10.6.